The number of carboxylic acids is 1. The number of carboxylic acid groups (broad SMARTS) is 1. The van der Waals surface area contributed by atoms with Crippen LogP contribution >= 0.6 is 0 Å². The lowest BCUT2D eigenvalue weighted by molar-refractivity contribution is -0.148. The van der Waals surface area contributed by atoms with E-state index in [0.717, 1.165) is 4.90 Å². The van der Waals surface area contributed by atoms with Crippen LogP contribution in [0.1, 0.15) is 29.3 Å². The Balaban J connectivity index is 1.96. The molecule has 2 N–H and O–H groups in total. The van der Waals surface area contributed by atoms with Crippen molar-refractivity contribution in [2.24, 2.45) is 0 Å². The molecule has 2 aromatic rings. The maximum Gasteiger partial charge on any atom is 0.326 e. The van der Waals surface area contributed by atoms with Gasteiger partial charge in [-0.3, -0.25) is 9.59 Å². The van der Waals surface area contributed by atoms with Crippen LogP contribution < -0.4 is 0 Å². The molecule has 0 spiro atoms. The average molecular weight is 362 g/mol. The fourth-order valence-electron chi connectivity index (χ4n) is 3.38. The molecular weight excluding hydrogens is 343 g/mol. The summed E-state index contributed by atoms with van der Waals surface area (Å²) in [6.07, 6.45) is -0.0543. The lowest BCUT2D eigenvalue weighted by Crippen LogP contribution is -2.42. The van der Waals surface area contributed by atoms with Gasteiger partial charge in [-0.05, 0) is 18.6 Å². The molecular formula is C18H19FN2O5. The van der Waals surface area contributed by atoms with E-state index >= 15 is 0 Å². The minimum Gasteiger partial charge on any atom is -0.480 e. The number of likely N-dealkylation sites (tertiary alicyclic amines) is 1. The van der Waals surface area contributed by atoms with Crippen molar-refractivity contribution < 1.29 is 29.0 Å². The van der Waals surface area contributed by atoms with Gasteiger partial charge in [0.05, 0.1) is 13.2 Å². The minimum absolute atomic E-state index is 0.175. The molecule has 0 saturated carbocycles. The first-order chi connectivity index (χ1) is 12.3. The highest BCUT2D eigenvalue weighted by atomic mass is 19.1. The molecule has 26 heavy (non-hydrogen) atoms. The fraction of sp³-hybridized carbons (Fsp3) is 0.389. The molecule has 2 heterocycles. The molecule has 0 bridgehead atoms. The van der Waals surface area contributed by atoms with Crippen LogP contribution in [0.4, 0.5) is 4.39 Å². The minimum atomic E-state index is -1.37. The number of Topliss-reactive ketones (excluding diaryl/α,β-unsaturated/α-hetero) is 1. The number of aliphatic hydroxyl groups excluding tert-OH is 1. The van der Waals surface area contributed by atoms with E-state index in [1.807, 2.05) is 0 Å². The SMILES string of the molecule is CC(=O)c1cn(CC(=O)N2C[C@H](F)C[C@H]2C(=O)O)c2cc(CO)ccc12. The third-order valence-corrected chi connectivity index (χ3v) is 4.67. The highest BCUT2D eigenvalue weighted by Gasteiger charge is 2.39. The predicted molar refractivity (Wildman–Crippen MR) is 90.5 cm³/mol. The summed E-state index contributed by atoms with van der Waals surface area (Å²) < 4.78 is 15.1. The van der Waals surface area contributed by atoms with Gasteiger partial charge < -0.3 is 19.7 Å². The van der Waals surface area contributed by atoms with E-state index < -0.39 is 24.1 Å². The summed E-state index contributed by atoms with van der Waals surface area (Å²) in [4.78, 5) is 36.8. The van der Waals surface area contributed by atoms with E-state index in [-0.39, 0.29) is 31.9 Å². The van der Waals surface area contributed by atoms with Gasteiger partial charge in [-0.1, -0.05) is 12.1 Å². The highest BCUT2D eigenvalue weighted by molar-refractivity contribution is 6.07. The van der Waals surface area contributed by atoms with Gasteiger partial charge in [0.2, 0.25) is 5.91 Å². The number of aliphatic hydroxyl groups is 1. The molecule has 3 rings (SSSR count). The van der Waals surface area contributed by atoms with E-state index in [1.165, 1.54) is 17.7 Å². The van der Waals surface area contributed by atoms with Crippen LogP contribution in [0.3, 0.4) is 0 Å². The van der Waals surface area contributed by atoms with Gasteiger partial charge in [0, 0.05) is 29.1 Å². The molecule has 2 atom stereocenters. The number of aliphatic carboxylic acids is 1. The summed E-state index contributed by atoms with van der Waals surface area (Å²) in [5.74, 6) is -1.94. The summed E-state index contributed by atoms with van der Waals surface area (Å²) in [5.41, 5.74) is 1.63. The Bertz CT molecular complexity index is 891. The molecule has 1 saturated heterocycles. The summed E-state index contributed by atoms with van der Waals surface area (Å²) in [7, 11) is 0. The number of alkyl halides is 1. The van der Waals surface area contributed by atoms with Crippen molar-refractivity contribution in [1.82, 2.24) is 9.47 Å². The van der Waals surface area contributed by atoms with Gasteiger partial charge in [0.25, 0.3) is 0 Å². The number of aromatic nitrogens is 1. The van der Waals surface area contributed by atoms with Gasteiger partial charge in [0.15, 0.2) is 5.78 Å². The van der Waals surface area contributed by atoms with E-state index in [0.29, 0.717) is 22.0 Å². The molecule has 1 amide bonds. The third-order valence-electron chi connectivity index (χ3n) is 4.67. The van der Waals surface area contributed by atoms with Gasteiger partial charge in [-0.2, -0.15) is 0 Å². The number of halogens is 1. The predicted octanol–water partition coefficient (Wildman–Crippen LogP) is 1.36. The number of amides is 1. The number of hydrogen-bond acceptors (Lipinski definition) is 4. The summed E-state index contributed by atoms with van der Waals surface area (Å²) in [6.45, 7) is 0.752. The van der Waals surface area contributed by atoms with Crippen molar-refractivity contribution in [3.05, 3.63) is 35.5 Å². The zero-order valence-corrected chi connectivity index (χ0v) is 14.2. The van der Waals surface area contributed by atoms with Crippen LogP contribution in [0.25, 0.3) is 10.9 Å². The molecule has 8 heteroatoms. The first-order valence-corrected chi connectivity index (χ1v) is 8.21. The van der Waals surface area contributed by atoms with Crippen molar-refractivity contribution in [2.45, 2.75) is 38.7 Å². The van der Waals surface area contributed by atoms with Crippen LogP contribution in [0.2, 0.25) is 0 Å². The Labute approximate surface area is 148 Å². The zero-order valence-electron chi connectivity index (χ0n) is 14.2. The fourth-order valence-corrected chi connectivity index (χ4v) is 3.38. The van der Waals surface area contributed by atoms with E-state index in [1.54, 1.807) is 18.2 Å². The van der Waals surface area contributed by atoms with Crippen molar-refractivity contribution in [2.75, 3.05) is 6.54 Å². The molecule has 7 nitrogen and oxygen atoms in total. The third kappa shape index (κ3) is 3.20. The second-order valence-electron chi connectivity index (χ2n) is 6.47. The highest BCUT2D eigenvalue weighted by Crippen LogP contribution is 2.25. The molecule has 1 aliphatic rings. The first kappa shape index (κ1) is 18.1. The van der Waals surface area contributed by atoms with Crippen molar-refractivity contribution in [3.8, 4) is 0 Å². The van der Waals surface area contributed by atoms with Gasteiger partial charge >= 0.3 is 5.97 Å². The number of ketones is 1. The normalized spacial score (nSPS) is 19.9. The summed E-state index contributed by atoms with van der Waals surface area (Å²) in [5, 5.41) is 19.2. The summed E-state index contributed by atoms with van der Waals surface area (Å²) in [6, 6.07) is 3.88. The van der Waals surface area contributed by atoms with Gasteiger partial charge in [-0.15, -0.1) is 0 Å². The Kier molecular flexibility index (Phi) is 4.78. The Morgan fingerprint density at radius 3 is 2.65 bits per heavy atom. The molecule has 1 aromatic heterocycles. The quantitative estimate of drug-likeness (QED) is 0.783. The van der Waals surface area contributed by atoms with Crippen LogP contribution in [0, 0.1) is 0 Å². The lowest BCUT2D eigenvalue weighted by Gasteiger charge is -2.21. The number of carbonyl (C=O) groups is 3. The standard InChI is InChI=1S/C18H19FN2O5/c1-10(23)14-7-20(15-4-11(9-22)2-3-13(14)15)8-17(24)21-6-12(19)5-16(21)18(25)26/h2-4,7,12,16,22H,5-6,8-9H2,1H3,(H,25,26)/t12-,16+/m1/s1. The van der Waals surface area contributed by atoms with Gasteiger partial charge in [0.1, 0.15) is 18.8 Å². The van der Waals surface area contributed by atoms with Crippen molar-refractivity contribution >= 4 is 28.6 Å². The second kappa shape index (κ2) is 6.87. The van der Waals surface area contributed by atoms with Crippen LogP contribution in [-0.4, -0.2) is 56.1 Å². The van der Waals surface area contributed by atoms with Crippen LogP contribution in [-0.2, 0) is 22.7 Å². The number of hydrogen-bond donors (Lipinski definition) is 2. The Morgan fingerprint density at radius 1 is 1.31 bits per heavy atom. The Hall–Kier alpha value is -2.74. The van der Waals surface area contributed by atoms with Crippen LogP contribution in [0.5, 0.6) is 0 Å². The number of benzene rings is 1. The lowest BCUT2D eigenvalue weighted by atomic mass is 10.1. The smallest absolute Gasteiger partial charge is 0.326 e. The number of carbonyl (C=O) groups excluding carboxylic acids is 2. The number of nitrogens with zero attached hydrogens (tertiary/aromatic N) is 2. The number of fused-ring (bicyclic) bond motifs is 1. The topological polar surface area (TPSA) is 99.8 Å². The van der Waals surface area contributed by atoms with Crippen molar-refractivity contribution in [1.29, 1.82) is 0 Å². The number of rotatable bonds is 5. The van der Waals surface area contributed by atoms with E-state index in [4.69, 9.17) is 0 Å². The maximum atomic E-state index is 13.6. The van der Waals surface area contributed by atoms with E-state index in [9.17, 15) is 29.0 Å². The Morgan fingerprint density at radius 2 is 2.04 bits per heavy atom. The largest absolute Gasteiger partial charge is 0.480 e. The summed E-state index contributed by atoms with van der Waals surface area (Å²) >= 11 is 0. The van der Waals surface area contributed by atoms with Gasteiger partial charge in [-0.25, -0.2) is 9.18 Å². The average Bonchev–Trinajstić information content (AvgIpc) is 3.15. The van der Waals surface area contributed by atoms with E-state index in [2.05, 4.69) is 0 Å². The first-order valence-electron chi connectivity index (χ1n) is 8.21. The molecule has 1 aromatic carbocycles. The molecule has 0 aliphatic carbocycles. The maximum absolute atomic E-state index is 13.6. The monoisotopic (exact) mass is 362 g/mol. The molecule has 138 valence electrons. The van der Waals surface area contributed by atoms with Crippen molar-refractivity contribution in [3.63, 3.8) is 0 Å². The second-order valence-corrected chi connectivity index (χ2v) is 6.47. The molecule has 0 radical (unpaired) electrons. The molecule has 1 fully saturated rings. The van der Waals surface area contributed by atoms with Crippen LogP contribution in [0.15, 0.2) is 24.4 Å². The zero-order chi connectivity index (χ0) is 19.0. The molecule has 1 aliphatic heterocycles. The molecule has 0 unspecified atom stereocenters.